The Morgan fingerprint density at radius 1 is 1.36 bits per heavy atom. The first-order valence-electron chi connectivity index (χ1n) is 7.19. The summed E-state index contributed by atoms with van der Waals surface area (Å²) in [5.74, 6) is -0.961. The van der Waals surface area contributed by atoms with Crippen molar-refractivity contribution in [3.05, 3.63) is 0 Å². The average molecular weight is 318 g/mol. The number of rotatable bonds is 7. The third kappa shape index (κ3) is 5.78. The lowest BCUT2D eigenvalue weighted by Gasteiger charge is -2.50. The molecule has 0 bridgehead atoms. The summed E-state index contributed by atoms with van der Waals surface area (Å²) >= 11 is 0. The number of hydrogen-bond acceptors (Lipinski definition) is 6. The molecule has 3 N–H and O–H groups in total. The number of ether oxygens (including phenoxy) is 2. The van der Waals surface area contributed by atoms with Crippen molar-refractivity contribution in [3.8, 4) is 0 Å². The summed E-state index contributed by atoms with van der Waals surface area (Å²) in [5, 5.41) is 21.7. The maximum atomic E-state index is 11.9. The van der Waals surface area contributed by atoms with E-state index in [0.29, 0.717) is 0 Å². The number of carbonyl (C=O) groups is 2. The number of amides is 1. The molecule has 1 saturated heterocycles. The summed E-state index contributed by atoms with van der Waals surface area (Å²) in [6, 6.07) is 0. The van der Waals surface area contributed by atoms with Crippen LogP contribution in [0.1, 0.15) is 27.2 Å². The number of aliphatic carboxylic acids is 1. The molecule has 8 nitrogen and oxygen atoms in total. The lowest BCUT2D eigenvalue weighted by Crippen LogP contribution is -2.72. The first-order valence-corrected chi connectivity index (χ1v) is 7.19. The fourth-order valence-corrected chi connectivity index (χ4v) is 2.30. The number of aliphatic hydroxyl groups excluding tert-OH is 1. The quantitative estimate of drug-likeness (QED) is 0.608. The number of carbonyl (C=O) groups excluding carboxylic acids is 1. The van der Waals surface area contributed by atoms with Gasteiger partial charge >= 0.3 is 12.1 Å². The normalized spacial score (nSPS) is 18.5. The zero-order valence-corrected chi connectivity index (χ0v) is 13.6. The fraction of sp³-hybridized carbons (Fsp3) is 0.857. The second kappa shape index (κ2) is 7.26. The van der Waals surface area contributed by atoms with Crippen molar-refractivity contribution in [1.82, 2.24) is 10.2 Å². The van der Waals surface area contributed by atoms with Crippen LogP contribution in [0.25, 0.3) is 0 Å². The van der Waals surface area contributed by atoms with Crippen LogP contribution < -0.4 is 5.32 Å². The smallest absolute Gasteiger partial charge is 0.410 e. The van der Waals surface area contributed by atoms with Gasteiger partial charge in [-0.25, -0.2) is 4.79 Å². The van der Waals surface area contributed by atoms with Gasteiger partial charge < -0.3 is 29.9 Å². The Kier molecular flexibility index (Phi) is 6.16. The Labute approximate surface area is 130 Å². The Bertz CT molecular complexity index is 401. The van der Waals surface area contributed by atoms with Crippen molar-refractivity contribution in [1.29, 1.82) is 0 Å². The van der Waals surface area contributed by atoms with Crippen LogP contribution in [0.5, 0.6) is 0 Å². The number of β-amino-alcohol motifs (C(OH)–C–C–N with tert-alkyl or cyclic N) is 1. The van der Waals surface area contributed by atoms with Gasteiger partial charge in [-0.05, 0) is 20.8 Å². The lowest BCUT2D eigenvalue weighted by atomic mass is 9.86. The van der Waals surface area contributed by atoms with E-state index in [1.807, 2.05) is 0 Å². The van der Waals surface area contributed by atoms with Crippen LogP contribution in [0.4, 0.5) is 4.79 Å². The second-order valence-corrected chi connectivity index (χ2v) is 6.68. The highest BCUT2D eigenvalue weighted by atomic mass is 16.6. The van der Waals surface area contributed by atoms with Crippen molar-refractivity contribution in [3.63, 3.8) is 0 Å². The molecule has 0 aromatic carbocycles. The number of nitrogens with zero attached hydrogens (tertiary/aromatic N) is 1. The molecule has 0 aliphatic carbocycles. The van der Waals surface area contributed by atoms with E-state index < -0.39 is 29.3 Å². The Hall–Kier alpha value is -1.38. The fourth-order valence-electron chi connectivity index (χ4n) is 2.30. The second-order valence-electron chi connectivity index (χ2n) is 6.68. The van der Waals surface area contributed by atoms with Crippen LogP contribution in [-0.2, 0) is 14.3 Å². The van der Waals surface area contributed by atoms with E-state index in [4.69, 9.17) is 14.6 Å². The topological polar surface area (TPSA) is 108 Å². The van der Waals surface area contributed by atoms with E-state index >= 15 is 0 Å². The first-order chi connectivity index (χ1) is 10.1. The minimum Gasteiger partial charge on any atom is -0.481 e. The van der Waals surface area contributed by atoms with Crippen molar-refractivity contribution in [2.24, 2.45) is 0 Å². The Balaban J connectivity index is 2.55. The van der Waals surface area contributed by atoms with Crippen LogP contribution in [-0.4, -0.2) is 77.8 Å². The predicted molar refractivity (Wildman–Crippen MR) is 78.7 cm³/mol. The molecular formula is C14H26N2O6. The molecule has 22 heavy (non-hydrogen) atoms. The maximum absolute atomic E-state index is 11.9. The molecule has 1 aliphatic heterocycles. The summed E-state index contributed by atoms with van der Waals surface area (Å²) in [6.45, 7) is 6.13. The molecule has 1 amide bonds. The Morgan fingerprint density at radius 3 is 2.41 bits per heavy atom. The zero-order chi connectivity index (χ0) is 17.0. The van der Waals surface area contributed by atoms with Gasteiger partial charge in [-0.15, -0.1) is 0 Å². The third-order valence-electron chi connectivity index (χ3n) is 3.20. The number of carboxylic acids is 1. The van der Waals surface area contributed by atoms with Crippen molar-refractivity contribution >= 4 is 12.1 Å². The number of carboxylic acid groups (broad SMARTS) is 1. The minimum atomic E-state index is -0.961. The summed E-state index contributed by atoms with van der Waals surface area (Å²) < 4.78 is 10.1. The molecule has 1 atom stereocenters. The number of nitrogens with one attached hydrogen (secondary N) is 1. The summed E-state index contributed by atoms with van der Waals surface area (Å²) in [7, 11) is 1.48. The minimum absolute atomic E-state index is 0.133. The van der Waals surface area contributed by atoms with Gasteiger partial charge in [0.1, 0.15) is 5.60 Å². The van der Waals surface area contributed by atoms with Crippen molar-refractivity contribution < 1.29 is 29.3 Å². The summed E-state index contributed by atoms with van der Waals surface area (Å²) in [4.78, 5) is 24.4. The van der Waals surface area contributed by atoms with Gasteiger partial charge in [-0.2, -0.15) is 0 Å². The summed E-state index contributed by atoms with van der Waals surface area (Å²) in [5.41, 5.74) is -1.33. The van der Waals surface area contributed by atoms with Gasteiger partial charge in [-0.1, -0.05) is 0 Å². The van der Waals surface area contributed by atoms with E-state index in [9.17, 15) is 14.7 Å². The van der Waals surface area contributed by atoms with Gasteiger partial charge in [0.05, 0.1) is 24.7 Å². The monoisotopic (exact) mass is 318 g/mol. The molecule has 0 spiro atoms. The highest BCUT2D eigenvalue weighted by molar-refractivity contribution is 5.73. The van der Waals surface area contributed by atoms with Crippen LogP contribution in [0, 0.1) is 0 Å². The zero-order valence-electron chi connectivity index (χ0n) is 13.6. The van der Waals surface area contributed by atoms with E-state index in [0.717, 1.165) is 0 Å². The number of likely N-dealkylation sites (tertiary alicyclic amines) is 1. The standard InChI is InChI=1S/C14H26N2O6/c1-13(2,3)22-12(20)16-8-14(9-16,5-11(18)19)15-6-10(17)7-21-4/h10,15,17H,5-9H2,1-4H3,(H,18,19). The predicted octanol–water partition coefficient (Wildman–Crippen LogP) is 0.0475. The van der Waals surface area contributed by atoms with Gasteiger partial charge in [0, 0.05) is 26.7 Å². The van der Waals surface area contributed by atoms with E-state index in [-0.39, 0.29) is 32.7 Å². The molecule has 128 valence electrons. The molecule has 0 saturated carbocycles. The van der Waals surface area contributed by atoms with Crippen molar-refractivity contribution in [2.45, 2.75) is 44.4 Å². The van der Waals surface area contributed by atoms with Gasteiger partial charge in [0.25, 0.3) is 0 Å². The number of aliphatic hydroxyl groups is 1. The number of methoxy groups -OCH3 is 1. The average Bonchev–Trinajstić information content (AvgIpc) is 2.29. The van der Waals surface area contributed by atoms with E-state index in [2.05, 4.69) is 5.32 Å². The van der Waals surface area contributed by atoms with Crippen LogP contribution in [0.2, 0.25) is 0 Å². The van der Waals surface area contributed by atoms with E-state index in [1.165, 1.54) is 12.0 Å². The van der Waals surface area contributed by atoms with Crippen molar-refractivity contribution in [2.75, 3.05) is 33.4 Å². The van der Waals surface area contributed by atoms with Gasteiger partial charge in [0.2, 0.25) is 0 Å². The highest BCUT2D eigenvalue weighted by Crippen LogP contribution is 2.26. The molecule has 0 radical (unpaired) electrons. The molecule has 1 aliphatic rings. The van der Waals surface area contributed by atoms with Gasteiger partial charge in [0.15, 0.2) is 0 Å². The first kappa shape index (κ1) is 18.7. The maximum Gasteiger partial charge on any atom is 0.410 e. The van der Waals surface area contributed by atoms with Gasteiger partial charge in [-0.3, -0.25) is 4.79 Å². The molecule has 0 aromatic heterocycles. The third-order valence-corrected chi connectivity index (χ3v) is 3.20. The van der Waals surface area contributed by atoms with Crippen LogP contribution >= 0.6 is 0 Å². The highest BCUT2D eigenvalue weighted by Gasteiger charge is 2.47. The molecule has 1 rings (SSSR count). The molecule has 8 heteroatoms. The molecule has 1 unspecified atom stereocenters. The molecule has 1 heterocycles. The number of hydrogen-bond donors (Lipinski definition) is 3. The van der Waals surface area contributed by atoms with Crippen LogP contribution in [0.15, 0.2) is 0 Å². The lowest BCUT2D eigenvalue weighted by molar-refractivity contribution is -0.141. The molecule has 1 fully saturated rings. The SMILES string of the molecule is COCC(O)CNC1(CC(=O)O)CN(C(=O)OC(C)(C)C)C1. The summed E-state index contributed by atoms with van der Waals surface area (Å²) in [6.07, 6.45) is -1.33. The largest absolute Gasteiger partial charge is 0.481 e. The Morgan fingerprint density at radius 2 is 1.95 bits per heavy atom. The van der Waals surface area contributed by atoms with Crippen LogP contribution in [0.3, 0.4) is 0 Å². The molecular weight excluding hydrogens is 292 g/mol. The molecule has 0 aromatic rings. The van der Waals surface area contributed by atoms with E-state index in [1.54, 1.807) is 20.8 Å².